The molecule has 0 saturated carbocycles. The molecule has 0 atom stereocenters. The van der Waals surface area contributed by atoms with Crippen LogP contribution in [-0.2, 0) is 17.9 Å². The third kappa shape index (κ3) is 2.36. The maximum absolute atomic E-state index is 10.4. The van der Waals surface area contributed by atoms with Gasteiger partial charge in [0.15, 0.2) is 0 Å². The average molecular weight is 208 g/mol. The number of carboxylic acids is 1. The smallest absolute Gasteiger partial charge is 0.325 e. The lowest BCUT2D eigenvalue weighted by molar-refractivity contribution is -0.137. The Balaban J connectivity index is 2.04. The molecule has 0 unspecified atom stereocenters. The number of hydrogen-bond acceptors (Lipinski definition) is 5. The van der Waals surface area contributed by atoms with Crippen LogP contribution in [0, 0.1) is 0 Å². The van der Waals surface area contributed by atoms with E-state index in [2.05, 4.69) is 20.5 Å². The summed E-state index contributed by atoms with van der Waals surface area (Å²) < 4.78 is 2.98. The first-order chi connectivity index (χ1) is 7.24. The lowest BCUT2D eigenvalue weighted by Gasteiger charge is -1.94. The highest BCUT2D eigenvalue weighted by Gasteiger charge is 2.04. The van der Waals surface area contributed by atoms with Crippen molar-refractivity contribution in [3.05, 3.63) is 24.5 Å². The molecule has 2 rings (SSSR count). The molecule has 0 radical (unpaired) electrons. The highest BCUT2D eigenvalue weighted by molar-refractivity contribution is 5.66. The number of aliphatic carboxylic acids is 1. The monoisotopic (exact) mass is 208 g/mol. The maximum atomic E-state index is 10.4. The van der Waals surface area contributed by atoms with Crippen LogP contribution >= 0.6 is 0 Å². The molecule has 0 spiro atoms. The number of rotatable bonds is 4. The largest absolute Gasteiger partial charge is 0.480 e. The molecule has 2 heterocycles. The number of aromatic nitrogens is 6. The third-order valence-corrected chi connectivity index (χ3v) is 1.69. The van der Waals surface area contributed by atoms with Crippen molar-refractivity contribution < 1.29 is 9.90 Å². The van der Waals surface area contributed by atoms with Gasteiger partial charge in [0.1, 0.15) is 24.9 Å². The number of carbonyl (C=O) groups is 1. The predicted octanol–water partition coefficient (Wildman–Crippen LogP) is -0.998. The zero-order valence-electron chi connectivity index (χ0n) is 7.69. The molecule has 2 aromatic heterocycles. The van der Waals surface area contributed by atoms with E-state index in [1.807, 2.05) is 0 Å². The van der Waals surface area contributed by atoms with E-state index in [0.717, 1.165) is 0 Å². The second-order valence-corrected chi connectivity index (χ2v) is 2.94. The second kappa shape index (κ2) is 3.86. The van der Waals surface area contributed by atoms with Crippen LogP contribution in [0.2, 0.25) is 0 Å². The van der Waals surface area contributed by atoms with E-state index in [1.165, 1.54) is 4.68 Å². The average Bonchev–Trinajstić information content (AvgIpc) is 2.77. The van der Waals surface area contributed by atoms with Gasteiger partial charge in [-0.05, 0) is 0 Å². The highest BCUT2D eigenvalue weighted by Crippen LogP contribution is 1.96. The summed E-state index contributed by atoms with van der Waals surface area (Å²) in [6, 6.07) is 0. The highest BCUT2D eigenvalue weighted by atomic mass is 16.4. The number of nitrogens with zero attached hydrogens (tertiary/aromatic N) is 6. The van der Waals surface area contributed by atoms with Gasteiger partial charge in [-0.2, -0.15) is 0 Å². The summed E-state index contributed by atoms with van der Waals surface area (Å²) in [6.07, 6.45) is 4.68. The van der Waals surface area contributed by atoms with Crippen molar-refractivity contribution in [2.24, 2.45) is 0 Å². The summed E-state index contributed by atoms with van der Waals surface area (Å²) in [6.45, 7) is 0.293. The first-order valence-electron chi connectivity index (χ1n) is 4.17. The fourth-order valence-electron chi connectivity index (χ4n) is 1.12. The van der Waals surface area contributed by atoms with E-state index < -0.39 is 5.97 Å². The van der Waals surface area contributed by atoms with Crippen molar-refractivity contribution in [2.45, 2.75) is 13.1 Å². The van der Waals surface area contributed by atoms with Crippen LogP contribution in [0.3, 0.4) is 0 Å². The Bertz CT molecular complexity index is 448. The Hall–Kier alpha value is -2.25. The minimum Gasteiger partial charge on any atom is -0.480 e. The molecule has 0 fully saturated rings. The lowest BCUT2D eigenvalue weighted by atomic mass is 10.5. The zero-order valence-corrected chi connectivity index (χ0v) is 7.69. The van der Waals surface area contributed by atoms with Crippen LogP contribution in [0.25, 0.3) is 0 Å². The quantitative estimate of drug-likeness (QED) is 0.692. The topological polar surface area (TPSA) is 98.7 Å². The molecule has 0 aliphatic carbocycles. The molecule has 1 N–H and O–H groups in total. The lowest BCUT2D eigenvalue weighted by Crippen LogP contribution is -2.09. The normalized spacial score (nSPS) is 10.4. The zero-order chi connectivity index (χ0) is 10.7. The van der Waals surface area contributed by atoms with Crippen LogP contribution in [0.5, 0.6) is 0 Å². The minimum atomic E-state index is -0.948. The first-order valence-corrected chi connectivity index (χ1v) is 4.17. The molecule has 2 aromatic rings. The molecule has 78 valence electrons. The van der Waals surface area contributed by atoms with Gasteiger partial charge in [-0.3, -0.25) is 4.79 Å². The van der Waals surface area contributed by atoms with Gasteiger partial charge in [0.05, 0.1) is 12.7 Å². The molecule has 0 saturated heterocycles. The van der Waals surface area contributed by atoms with Gasteiger partial charge in [-0.1, -0.05) is 5.21 Å². The fourth-order valence-corrected chi connectivity index (χ4v) is 1.12. The molecule has 0 amide bonds. The van der Waals surface area contributed by atoms with Crippen molar-refractivity contribution in [3.63, 3.8) is 0 Å². The van der Waals surface area contributed by atoms with Crippen molar-refractivity contribution in [1.82, 2.24) is 29.8 Å². The molecule has 15 heavy (non-hydrogen) atoms. The molecular formula is C7H8N6O2. The van der Waals surface area contributed by atoms with E-state index in [4.69, 9.17) is 5.11 Å². The Kier molecular flexibility index (Phi) is 2.40. The summed E-state index contributed by atoms with van der Waals surface area (Å²) in [4.78, 5) is 10.4. The molecule has 0 aliphatic rings. The van der Waals surface area contributed by atoms with Crippen LogP contribution < -0.4 is 0 Å². The van der Waals surface area contributed by atoms with Crippen LogP contribution in [0.15, 0.2) is 18.9 Å². The summed E-state index contributed by atoms with van der Waals surface area (Å²) >= 11 is 0. The van der Waals surface area contributed by atoms with Gasteiger partial charge < -0.3 is 9.67 Å². The van der Waals surface area contributed by atoms with Gasteiger partial charge >= 0.3 is 5.97 Å². The van der Waals surface area contributed by atoms with Gasteiger partial charge in [0.25, 0.3) is 0 Å². The van der Waals surface area contributed by atoms with Gasteiger partial charge in [0, 0.05) is 0 Å². The Morgan fingerprint density at radius 2 is 2.13 bits per heavy atom. The number of carboxylic acid groups (broad SMARTS) is 1. The third-order valence-electron chi connectivity index (χ3n) is 1.69. The van der Waals surface area contributed by atoms with Crippen molar-refractivity contribution >= 4 is 5.97 Å². The predicted molar refractivity (Wildman–Crippen MR) is 46.8 cm³/mol. The van der Waals surface area contributed by atoms with Crippen LogP contribution in [0.4, 0.5) is 0 Å². The Morgan fingerprint density at radius 3 is 2.80 bits per heavy atom. The van der Waals surface area contributed by atoms with E-state index in [0.29, 0.717) is 12.2 Å². The second-order valence-electron chi connectivity index (χ2n) is 2.94. The molecular weight excluding hydrogens is 200 g/mol. The molecule has 8 heteroatoms. The van der Waals surface area contributed by atoms with E-state index in [9.17, 15) is 4.79 Å². The summed E-state index contributed by atoms with van der Waals surface area (Å²) in [5, 5.41) is 23.3. The van der Waals surface area contributed by atoms with E-state index in [1.54, 1.807) is 23.4 Å². The van der Waals surface area contributed by atoms with Crippen LogP contribution in [0.1, 0.15) is 5.69 Å². The van der Waals surface area contributed by atoms with Crippen molar-refractivity contribution in [1.29, 1.82) is 0 Å². The molecule has 0 aliphatic heterocycles. The summed E-state index contributed by atoms with van der Waals surface area (Å²) in [5.74, 6) is -0.948. The minimum absolute atomic E-state index is 0.185. The molecule has 0 bridgehead atoms. The Labute approximate surface area is 84.2 Å². The van der Waals surface area contributed by atoms with Crippen molar-refractivity contribution in [2.75, 3.05) is 0 Å². The Morgan fingerprint density at radius 1 is 1.40 bits per heavy atom. The standard InChI is InChI=1S/C7H8N6O2/c14-7(15)3-13-2-6(10-11-13)1-12-4-8-9-5-12/h2,4-5H,1,3H2,(H,14,15). The van der Waals surface area contributed by atoms with E-state index >= 15 is 0 Å². The van der Waals surface area contributed by atoms with Gasteiger partial charge in [-0.15, -0.1) is 15.3 Å². The number of hydrogen-bond donors (Lipinski definition) is 1. The summed E-state index contributed by atoms with van der Waals surface area (Å²) in [5.41, 5.74) is 0.663. The van der Waals surface area contributed by atoms with E-state index in [-0.39, 0.29) is 6.54 Å². The van der Waals surface area contributed by atoms with Gasteiger partial charge in [-0.25, -0.2) is 4.68 Å². The van der Waals surface area contributed by atoms with Crippen molar-refractivity contribution in [3.8, 4) is 0 Å². The van der Waals surface area contributed by atoms with Gasteiger partial charge in [0.2, 0.25) is 0 Å². The maximum Gasteiger partial charge on any atom is 0.325 e. The molecule has 8 nitrogen and oxygen atoms in total. The SMILES string of the molecule is O=C(O)Cn1cc(Cn2cnnc2)nn1. The fraction of sp³-hybridized carbons (Fsp3) is 0.286. The van der Waals surface area contributed by atoms with Crippen LogP contribution in [-0.4, -0.2) is 40.8 Å². The summed E-state index contributed by atoms with van der Waals surface area (Å²) in [7, 11) is 0. The first kappa shape index (κ1) is 9.31. The molecule has 0 aromatic carbocycles.